The number of anilines is 1. The van der Waals surface area contributed by atoms with Gasteiger partial charge in [-0.2, -0.15) is 0 Å². The molecule has 1 aromatic heterocycles. The van der Waals surface area contributed by atoms with Gasteiger partial charge in [0.25, 0.3) is 0 Å². The highest BCUT2D eigenvalue weighted by Gasteiger charge is 2.17. The lowest BCUT2D eigenvalue weighted by atomic mass is 10.1. The molecule has 0 bridgehead atoms. The number of nitrogen functional groups attached to an aromatic ring is 1. The molecule has 88 valence electrons. The van der Waals surface area contributed by atoms with E-state index in [0.717, 1.165) is 0 Å². The van der Waals surface area contributed by atoms with E-state index in [2.05, 4.69) is 9.72 Å². The maximum absolute atomic E-state index is 13.5. The van der Waals surface area contributed by atoms with Crippen LogP contribution in [0, 0.1) is 5.82 Å². The minimum atomic E-state index is -0.641. The number of pyridine rings is 1. The first-order valence-corrected chi connectivity index (χ1v) is 5.04. The molecule has 0 spiro atoms. The van der Waals surface area contributed by atoms with Gasteiger partial charge in [0.15, 0.2) is 0 Å². The fourth-order valence-corrected chi connectivity index (χ4v) is 1.78. The maximum atomic E-state index is 13.5. The summed E-state index contributed by atoms with van der Waals surface area (Å²) in [6, 6.07) is 2.55. The van der Waals surface area contributed by atoms with Crippen molar-refractivity contribution in [2.75, 3.05) is 12.8 Å². The Bertz CT molecular complexity index is 616. The third kappa shape index (κ3) is 1.78. The molecule has 17 heavy (non-hydrogen) atoms. The molecule has 0 aliphatic carbocycles. The SMILES string of the molecule is COC(=O)c1cnc2c(F)ccc(Cl)c2c1N. The number of carbonyl (C=O) groups excluding carboxylic acids is 1. The highest BCUT2D eigenvalue weighted by atomic mass is 35.5. The molecule has 0 amide bonds. The Hall–Kier alpha value is -1.88. The lowest BCUT2D eigenvalue weighted by Gasteiger charge is -2.08. The molecule has 0 fully saturated rings. The lowest BCUT2D eigenvalue weighted by molar-refractivity contribution is 0.0601. The van der Waals surface area contributed by atoms with Gasteiger partial charge in [0, 0.05) is 11.6 Å². The first kappa shape index (κ1) is 11.6. The first-order valence-electron chi connectivity index (χ1n) is 4.66. The number of nitrogens with zero attached hydrogens (tertiary/aromatic N) is 1. The summed E-state index contributed by atoms with van der Waals surface area (Å²) >= 11 is 5.92. The van der Waals surface area contributed by atoms with Crippen LogP contribution >= 0.6 is 11.6 Å². The van der Waals surface area contributed by atoms with Crippen LogP contribution in [0.3, 0.4) is 0 Å². The van der Waals surface area contributed by atoms with Gasteiger partial charge in [-0.15, -0.1) is 0 Å². The van der Waals surface area contributed by atoms with Gasteiger partial charge in [-0.05, 0) is 12.1 Å². The first-order chi connectivity index (χ1) is 8.06. The maximum Gasteiger partial charge on any atom is 0.341 e. The number of aromatic nitrogens is 1. The molecule has 0 saturated carbocycles. The van der Waals surface area contributed by atoms with Crippen molar-refractivity contribution in [1.29, 1.82) is 0 Å². The van der Waals surface area contributed by atoms with E-state index in [0.29, 0.717) is 0 Å². The Balaban J connectivity index is 2.84. The zero-order valence-electron chi connectivity index (χ0n) is 8.83. The Kier molecular flexibility index (Phi) is 2.85. The molecule has 4 nitrogen and oxygen atoms in total. The number of rotatable bonds is 1. The third-order valence-corrected chi connectivity index (χ3v) is 2.68. The standard InChI is InChI=1S/C11H8ClFN2O2/c1-17-11(16)5-4-15-10-7(13)3-2-6(12)8(10)9(5)14/h2-4H,1H3,(H2,14,15). The highest BCUT2D eigenvalue weighted by Crippen LogP contribution is 2.31. The van der Waals surface area contributed by atoms with Crippen LogP contribution in [-0.2, 0) is 4.74 Å². The van der Waals surface area contributed by atoms with Gasteiger partial charge in [-0.3, -0.25) is 4.98 Å². The number of halogens is 2. The summed E-state index contributed by atoms with van der Waals surface area (Å²) < 4.78 is 18.0. The molecule has 0 aliphatic heterocycles. The number of ether oxygens (including phenoxy) is 1. The lowest BCUT2D eigenvalue weighted by Crippen LogP contribution is -2.07. The highest BCUT2D eigenvalue weighted by molar-refractivity contribution is 6.36. The number of carbonyl (C=O) groups is 1. The van der Waals surface area contributed by atoms with Gasteiger partial charge in [0.1, 0.15) is 16.9 Å². The zero-order valence-corrected chi connectivity index (χ0v) is 9.58. The van der Waals surface area contributed by atoms with Crippen molar-refractivity contribution in [1.82, 2.24) is 4.98 Å². The van der Waals surface area contributed by atoms with Gasteiger partial charge in [0.05, 0.1) is 17.8 Å². The van der Waals surface area contributed by atoms with Crippen molar-refractivity contribution in [2.45, 2.75) is 0 Å². The second kappa shape index (κ2) is 4.18. The monoisotopic (exact) mass is 254 g/mol. The molecule has 2 rings (SSSR count). The van der Waals surface area contributed by atoms with Crippen LogP contribution in [0.15, 0.2) is 18.3 Å². The topological polar surface area (TPSA) is 65.2 Å². The fraction of sp³-hybridized carbons (Fsp3) is 0.0909. The van der Waals surface area contributed by atoms with E-state index in [-0.39, 0.29) is 27.2 Å². The Morgan fingerprint density at radius 3 is 2.88 bits per heavy atom. The molecular weight excluding hydrogens is 247 g/mol. The average molecular weight is 255 g/mol. The van der Waals surface area contributed by atoms with Crippen LogP contribution in [0.1, 0.15) is 10.4 Å². The van der Waals surface area contributed by atoms with Crippen molar-refractivity contribution in [3.05, 3.63) is 34.7 Å². The largest absolute Gasteiger partial charge is 0.465 e. The summed E-state index contributed by atoms with van der Waals surface area (Å²) in [4.78, 5) is 15.2. The molecule has 1 aromatic carbocycles. The normalized spacial score (nSPS) is 10.5. The van der Waals surface area contributed by atoms with Crippen molar-refractivity contribution in [3.63, 3.8) is 0 Å². The summed E-state index contributed by atoms with van der Waals surface area (Å²) in [6.07, 6.45) is 1.17. The van der Waals surface area contributed by atoms with Crippen LogP contribution in [0.5, 0.6) is 0 Å². The van der Waals surface area contributed by atoms with Crippen molar-refractivity contribution in [2.24, 2.45) is 0 Å². The molecule has 2 N–H and O–H groups in total. The van der Waals surface area contributed by atoms with Crippen molar-refractivity contribution in [3.8, 4) is 0 Å². The summed E-state index contributed by atoms with van der Waals surface area (Å²) in [5, 5.41) is 0.451. The van der Waals surface area contributed by atoms with Crippen LogP contribution in [-0.4, -0.2) is 18.1 Å². The van der Waals surface area contributed by atoms with Gasteiger partial charge < -0.3 is 10.5 Å². The molecule has 0 atom stereocenters. The quantitative estimate of drug-likeness (QED) is 0.794. The Morgan fingerprint density at radius 1 is 1.53 bits per heavy atom. The number of benzene rings is 1. The summed E-state index contributed by atoms with van der Waals surface area (Å²) in [7, 11) is 1.22. The smallest absolute Gasteiger partial charge is 0.341 e. The van der Waals surface area contributed by atoms with E-state index in [1.54, 1.807) is 0 Å². The minimum Gasteiger partial charge on any atom is -0.465 e. The summed E-state index contributed by atoms with van der Waals surface area (Å²) in [6.45, 7) is 0. The van der Waals surface area contributed by atoms with Crippen LogP contribution < -0.4 is 5.73 Å². The van der Waals surface area contributed by atoms with Gasteiger partial charge >= 0.3 is 5.97 Å². The van der Waals surface area contributed by atoms with E-state index in [4.69, 9.17) is 17.3 Å². The molecule has 0 unspecified atom stereocenters. The molecular formula is C11H8ClFN2O2. The second-order valence-electron chi connectivity index (χ2n) is 3.33. The minimum absolute atomic E-state index is 0.0302. The number of nitrogens with two attached hydrogens (primary N) is 1. The Morgan fingerprint density at radius 2 is 2.24 bits per heavy atom. The van der Waals surface area contributed by atoms with E-state index in [1.807, 2.05) is 0 Å². The second-order valence-corrected chi connectivity index (χ2v) is 3.74. The molecule has 2 aromatic rings. The number of fused-ring (bicyclic) bond motifs is 1. The van der Waals surface area contributed by atoms with E-state index < -0.39 is 11.8 Å². The number of hydrogen-bond donors (Lipinski definition) is 1. The Labute approximate surface area is 101 Å². The fourth-order valence-electron chi connectivity index (χ4n) is 1.53. The van der Waals surface area contributed by atoms with E-state index in [1.165, 1.54) is 25.4 Å². The van der Waals surface area contributed by atoms with Crippen LogP contribution in [0.25, 0.3) is 10.9 Å². The molecule has 1 heterocycles. The van der Waals surface area contributed by atoms with E-state index >= 15 is 0 Å². The van der Waals surface area contributed by atoms with Crippen LogP contribution in [0.2, 0.25) is 5.02 Å². The van der Waals surface area contributed by atoms with Crippen LogP contribution in [0.4, 0.5) is 10.1 Å². The zero-order chi connectivity index (χ0) is 12.6. The molecule has 0 aliphatic rings. The molecule has 0 radical (unpaired) electrons. The van der Waals surface area contributed by atoms with Gasteiger partial charge in [0.2, 0.25) is 0 Å². The number of hydrogen-bond acceptors (Lipinski definition) is 4. The average Bonchev–Trinajstić information content (AvgIpc) is 2.33. The number of esters is 1. The van der Waals surface area contributed by atoms with Gasteiger partial charge in [-0.25, -0.2) is 9.18 Å². The summed E-state index contributed by atoms with van der Waals surface area (Å²) in [5.74, 6) is -1.19. The summed E-state index contributed by atoms with van der Waals surface area (Å²) in [5.41, 5.74) is 5.93. The molecule has 0 saturated heterocycles. The van der Waals surface area contributed by atoms with Crippen molar-refractivity contribution >= 4 is 34.2 Å². The van der Waals surface area contributed by atoms with Crippen molar-refractivity contribution < 1.29 is 13.9 Å². The molecule has 6 heteroatoms. The number of methoxy groups -OCH3 is 1. The van der Waals surface area contributed by atoms with E-state index in [9.17, 15) is 9.18 Å². The van der Waals surface area contributed by atoms with Gasteiger partial charge in [-0.1, -0.05) is 11.6 Å². The predicted octanol–water partition coefficient (Wildman–Crippen LogP) is 2.40. The third-order valence-electron chi connectivity index (χ3n) is 2.37. The predicted molar refractivity (Wildman–Crippen MR) is 62.5 cm³/mol.